The summed E-state index contributed by atoms with van der Waals surface area (Å²) in [5.74, 6) is 0.809. The lowest BCUT2D eigenvalue weighted by molar-refractivity contribution is 0.810. The van der Waals surface area contributed by atoms with E-state index >= 15 is 0 Å². The monoisotopic (exact) mass is 229 g/mol. The zero-order valence-electron chi connectivity index (χ0n) is 8.55. The van der Waals surface area contributed by atoms with Gasteiger partial charge in [0.25, 0.3) is 0 Å². The Morgan fingerprint density at radius 1 is 1.31 bits per heavy atom. The summed E-state index contributed by atoms with van der Waals surface area (Å²) in [7, 11) is 0. The number of benzene rings is 1. The maximum atomic E-state index is 6.18. The van der Waals surface area contributed by atoms with E-state index in [0.717, 1.165) is 11.4 Å². The van der Waals surface area contributed by atoms with Crippen molar-refractivity contribution in [2.75, 3.05) is 0 Å². The third-order valence-corrected chi connectivity index (χ3v) is 3.64. The van der Waals surface area contributed by atoms with E-state index in [4.69, 9.17) is 5.73 Å². The molecule has 0 fully saturated rings. The highest BCUT2D eigenvalue weighted by Crippen LogP contribution is 2.30. The normalized spacial score (nSPS) is 13.1. The minimum absolute atomic E-state index is 0.175. The van der Waals surface area contributed by atoms with Crippen LogP contribution in [-0.4, -0.2) is 9.97 Å². The number of nitrogens with two attached hydrogens (primary N) is 1. The molecule has 3 nitrogen and oxygen atoms in total. The van der Waals surface area contributed by atoms with Crippen molar-refractivity contribution >= 4 is 21.4 Å². The Hall–Kier alpha value is -1.65. The molecule has 1 atom stereocenters. The van der Waals surface area contributed by atoms with Crippen molar-refractivity contribution in [3.63, 3.8) is 0 Å². The first-order valence-electron chi connectivity index (χ1n) is 5.07. The van der Waals surface area contributed by atoms with Gasteiger partial charge in [-0.05, 0) is 22.4 Å². The molecule has 3 N–H and O–H groups in total. The molecular weight excluding hydrogens is 218 g/mol. The number of H-pyrrole nitrogens is 1. The van der Waals surface area contributed by atoms with Crippen molar-refractivity contribution in [3.05, 3.63) is 53.4 Å². The van der Waals surface area contributed by atoms with E-state index in [2.05, 4.69) is 27.5 Å². The van der Waals surface area contributed by atoms with Crippen molar-refractivity contribution in [1.29, 1.82) is 0 Å². The molecular formula is C12H11N3S. The Bertz CT molecular complexity index is 598. The van der Waals surface area contributed by atoms with Crippen LogP contribution in [0.25, 0.3) is 10.1 Å². The van der Waals surface area contributed by atoms with Gasteiger partial charge in [0, 0.05) is 17.1 Å². The molecule has 0 bridgehead atoms. The fraction of sp³-hybridized carbons (Fsp3) is 0.0833. The van der Waals surface area contributed by atoms with Crippen LogP contribution in [0.2, 0.25) is 0 Å². The van der Waals surface area contributed by atoms with Crippen LogP contribution < -0.4 is 5.73 Å². The van der Waals surface area contributed by atoms with Crippen molar-refractivity contribution in [3.8, 4) is 0 Å². The molecule has 0 aliphatic rings. The molecule has 0 radical (unpaired) electrons. The van der Waals surface area contributed by atoms with Gasteiger partial charge in [0.1, 0.15) is 5.82 Å². The zero-order chi connectivity index (χ0) is 11.0. The highest BCUT2D eigenvalue weighted by molar-refractivity contribution is 7.17. The fourth-order valence-corrected chi connectivity index (χ4v) is 2.83. The van der Waals surface area contributed by atoms with E-state index in [1.165, 1.54) is 10.1 Å². The molecule has 1 unspecified atom stereocenters. The van der Waals surface area contributed by atoms with E-state index in [0.29, 0.717) is 0 Å². The van der Waals surface area contributed by atoms with E-state index in [-0.39, 0.29) is 6.04 Å². The summed E-state index contributed by atoms with van der Waals surface area (Å²) in [6, 6.07) is 8.11. The molecule has 3 rings (SSSR count). The Labute approximate surface area is 96.9 Å². The summed E-state index contributed by atoms with van der Waals surface area (Å²) < 4.78 is 1.26. The average molecular weight is 229 g/mol. The first kappa shape index (κ1) is 9.57. The molecule has 4 heteroatoms. The quantitative estimate of drug-likeness (QED) is 0.709. The Kier molecular flexibility index (Phi) is 2.23. The van der Waals surface area contributed by atoms with Crippen LogP contribution in [0.15, 0.2) is 42.0 Å². The molecule has 3 aromatic rings. The molecule has 0 aliphatic heterocycles. The molecule has 0 saturated carbocycles. The van der Waals surface area contributed by atoms with Crippen LogP contribution in [0.5, 0.6) is 0 Å². The van der Waals surface area contributed by atoms with Crippen molar-refractivity contribution in [2.45, 2.75) is 6.04 Å². The summed E-state index contributed by atoms with van der Waals surface area (Å²) in [5, 5.41) is 3.33. The number of nitrogens with one attached hydrogen (secondary N) is 1. The number of rotatable bonds is 2. The van der Waals surface area contributed by atoms with Crippen LogP contribution in [0.4, 0.5) is 0 Å². The molecule has 1 aromatic carbocycles. The van der Waals surface area contributed by atoms with Gasteiger partial charge in [-0.15, -0.1) is 11.3 Å². The predicted molar refractivity (Wildman–Crippen MR) is 66.4 cm³/mol. The Balaban J connectivity index is 2.12. The topological polar surface area (TPSA) is 54.7 Å². The lowest BCUT2D eigenvalue weighted by atomic mass is 10.1. The summed E-state index contributed by atoms with van der Waals surface area (Å²) in [4.78, 5) is 7.26. The van der Waals surface area contributed by atoms with Crippen LogP contribution >= 0.6 is 11.3 Å². The van der Waals surface area contributed by atoms with E-state index in [9.17, 15) is 0 Å². The van der Waals surface area contributed by atoms with Gasteiger partial charge >= 0.3 is 0 Å². The fourth-order valence-electron chi connectivity index (χ4n) is 1.83. The number of nitrogens with zero attached hydrogens (tertiary/aromatic N) is 1. The molecule has 0 spiro atoms. The van der Waals surface area contributed by atoms with Crippen molar-refractivity contribution in [1.82, 2.24) is 9.97 Å². The minimum atomic E-state index is -0.175. The average Bonchev–Trinajstić information content (AvgIpc) is 2.98. The number of aromatic amines is 1. The summed E-state index contributed by atoms with van der Waals surface area (Å²) in [6.45, 7) is 0. The van der Waals surface area contributed by atoms with Gasteiger partial charge in [-0.1, -0.05) is 18.2 Å². The van der Waals surface area contributed by atoms with Gasteiger partial charge < -0.3 is 10.7 Å². The molecule has 0 aliphatic carbocycles. The molecule has 0 amide bonds. The maximum absolute atomic E-state index is 6.18. The maximum Gasteiger partial charge on any atom is 0.127 e. The summed E-state index contributed by atoms with van der Waals surface area (Å²) >= 11 is 1.72. The van der Waals surface area contributed by atoms with Gasteiger partial charge in [0.05, 0.1) is 6.04 Å². The Morgan fingerprint density at radius 2 is 2.19 bits per heavy atom. The lowest BCUT2D eigenvalue weighted by Crippen LogP contribution is -2.12. The third kappa shape index (κ3) is 1.43. The number of thiophene rings is 1. The minimum Gasteiger partial charge on any atom is -0.347 e. The molecule has 0 saturated heterocycles. The number of aromatic nitrogens is 2. The molecule has 80 valence electrons. The molecule has 2 heterocycles. The first-order valence-corrected chi connectivity index (χ1v) is 5.95. The van der Waals surface area contributed by atoms with Crippen LogP contribution in [-0.2, 0) is 0 Å². The first-order chi connectivity index (χ1) is 7.86. The highest BCUT2D eigenvalue weighted by Gasteiger charge is 2.15. The van der Waals surface area contributed by atoms with Crippen LogP contribution in [0, 0.1) is 0 Å². The van der Waals surface area contributed by atoms with E-state index < -0.39 is 0 Å². The second-order valence-corrected chi connectivity index (χ2v) is 4.55. The van der Waals surface area contributed by atoms with E-state index in [1.807, 2.05) is 12.1 Å². The van der Waals surface area contributed by atoms with Crippen molar-refractivity contribution < 1.29 is 0 Å². The lowest BCUT2D eigenvalue weighted by Gasteiger charge is -2.07. The van der Waals surface area contributed by atoms with Gasteiger partial charge in [-0.3, -0.25) is 0 Å². The van der Waals surface area contributed by atoms with Crippen LogP contribution in [0.3, 0.4) is 0 Å². The van der Waals surface area contributed by atoms with Gasteiger partial charge in [0.15, 0.2) is 0 Å². The van der Waals surface area contributed by atoms with Gasteiger partial charge in [0.2, 0.25) is 0 Å². The second-order valence-electron chi connectivity index (χ2n) is 3.64. The number of hydrogen-bond donors (Lipinski definition) is 2. The largest absolute Gasteiger partial charge is 0.347 e. The zero-order valence-corrected chi connectivity index (χ0v) is 9.37. The summed E-state index contributed by atoms with van der Waals surface area (Å²) in [5.41, 5.74) is 7.32. The predicted octanol–water partition coefficient (Wildman–Crippen LogP) is 2.67. The highest BCUT2D eigenvalue weighted by atomic mass is 32.1. The number of hydrogen-bond acceptors (Lipinski definition) is 3. The Morgan fingerprint density at radius 3 is 3.00 bits per heavy atom. The van der Waals surface area contributed by atoms with Crippen LogP contribution in [0.1, 0.15) is 17.4 Å². The number of imidazole rings is 1. The molecule has 2 aromatic heterocycles. The van der Waals surface area contributed by atoms with E-state index in [1.54, 1.807) is 23.7 Å². The van der Waals surface area contributed by atoms with Gasteiger partial charge in [-0.25, -0.2) is 4.98 Å². The standard InChI is InChI=1S/C12H11N3S/c13-11(12-14-5-6-15-12)9-7-16-10-4-2-1-3-8(9)10/h1-7,11H,13H2,(H,14,15). The SMILES string of the molecule is NC(c1ncc[nH]1)c1csc2ccccc12. The third-order valence-electron chi connectivity index (χ3n) is 2.66. The summed E-state index contributed by atoms with van der Waals surface area (Å²) in [6.07, 6.45) is 3.52. The van der Waals surface area contributed by atoms with Crippen molar-refractivity contribution in [2.24, 2.45) is 5.73 Å². The molecule has 16 heavy (non-hydrogen) atoms. The smallest absolute Gasteiger partial charge is 0.127 e. The van der Waals surface area contributed by atoms with Gasteiger partial charge in [-0.2, -0.15) is 0 Å². The second kappa shape index (κ2) is 3.73. The number of fused-ring (bicyclic) bond motifs is 1.